The lowest BCUT2D eigenvalue weighted by molar-refractivity contribution is -0.870. The number of nitrogens with zero attached hydrogens (tertiary/aromatic N) is 1. The molecule has 0 saturated carbocycles. The molecule has 0 amide bonds. The maximum absolute atomic E-state index is 12.7. The van der Waals surface area contributed by atoms with E-state index in [1.54, 1.807) is 0 Å². The average Bonchev–Trinajstić information content (AvgIpc) is 3.25. The predicted molar refractivity (Wildman–Crippen MR) is 274 cm³/mol. The summed E-state index contributed by atoms with van der Waals surface area (Å²) in [5, 5.41) is 0. The molecule has 366 valence electrons. The van der Waals surface area contributed by atoms with E-state index in [1.165, 1.54) is 57.8 Å². The topological polar surface area (TPSA) is 91.3 Å². The van der Waals surface area contributed by atoms with Crippen LogP contribution in [0.3, 0.4) is 0 Å². The minimum atomic E-state index is -4.30. The van der Waals surface area contributed by atoms with Crippen molar-refractivity contribution >= 4 is 13.8 Å². The van der Waals surface area contributed by atoms with E-state index in [0.29, 0.717) is 24.1 Å². The molecule has 0 fully saturated rings. The summed E-state index contributed by atoms with van der Waals surface area (Å²) < 4.78 is 35.1. The molecule has 0 aromatic heterocycles. The summed E-state index contributed by atoms with van der Waals surface area (Å²) in [6, 6.07) is 0. The van der Waals surface area contributed by atoms with Crippen molar-refractivity contribution in [2.45, 2.75) is 180 Å². The van der Waals surface area contributed by atoms with Crippen LogP contribution in [0.1, 0.15) is 174 Å². The number of hydrogen-bond donors (Lipinski definition) is 1. The Morgan fingerprint density at radius 1 is 0.500 bits per heavy atom. The molecule has 0 saturated heterocycles. The van der Waals surface area contributed by atoms with Crippen LogP contribution < -0.4 is 0 Å². The van der Waals surface area contributed by atoms with Gasteiger partial charge < -0.3 is 18.9 Å². The highest BCUT2D eigenvalue weighted by Crippen LogP contribution is 2.43. The molecule has 0 bridgehead atoms. The number of likely N-dealkylation sites (N-methyl/N-ethyl adjacent to an activating group) is 1. The zero-order valence-electron chi connectivity index (χ0n) is 41.5. The van der Waals surface area contributed by atoms with Crippen LogP contribution >= 0.6 is 7.82 Å². The third-order valence-electron chi connectivity index (χ3n) is 10.1. The third kappa shape index (κ3) is 50.2. The molecular formula is C55H95NO7P+. The van der Waals surface area contributed by atoms with Crippen molar-refractivity contribution in [3.8, 4) is 0 Å². The predicted octanol–water partition coefficient (Wildman–Crippen LogP) is 15.6. The first-order valence-corrected chi connectivity index (χ1v) is 26.6. The average molecular weight is 913 g/mol. The Kier molecular flexibility index (Phi) is 44.6. The molecule has 0 heterocycles. The van der Waals surface area contributed by atoms with Crippen molar-refractivity contribution in [2.75, 3.05) is 54.1 Å². The summed E-state index contributed by atoms with van der Waals surface area (Å²) in [6.45, 7) is 5.34. The maximum atomic E-state index is 12.7. The molecule has 2 atom stereocenters. The van der Waals surface area contributed by atoms with Crippen LogP contribution in [0, 0.1) is 0 Å². The summed E-state index contributed by atoms with van der Waals surface area (Å²) in [7, 11) is 1.61. The molecule has 8 nitrogen and oxygen atoms in total. The van der Waals surface area contributed by atoms with E-state index in [4.69, 9.17) is 18.5 Å². The fourth-order valence-corrected chi connectivity index (χ4v) is 6.95. The van der Waals surface area contributed by atoms with E-state index in [-0.39, 0.29) is 25.8 Å². The van der Waals surface area contributed by atoms with Gasteiger partial charge in [-0.1, -0.05) is 175 Å². The molecule has 2 unspecified atom stereocenters. The van der Waals surface area contributed by atoms with Gasteiger partial charge in [-0.3, -0.25) is 13.8 Å². The first-order chi connectivity index (χ1) is 31.1. The number of rotatable bonds is 45. The molecule has 9 heteroatoms. The summed E-state index contributed by atoms with van der Waals surface area (Å²) in [5.74, 6) is -0.342. The van der Waals surface area contributed by atoms with Gasteiger partial charge >= 0.3 is 13.8 Å². The van der Waals surface area contributed by atoms with E-state index >= 15 is 0 Å². The molecule has 0 rings (SSSR count). The van der Waals surface area contributed by atoms with Gasteiger partial charge in [0.25, 0.3) is 0 Å². The fourth-order valence-electron chi connectivity index (χ4n) is 6.21. The van der Waals surface area contributed by atoms with Crippen LogP contribution in [0.2, 0.25) is 0 Å². The molecule has 0 spiro atoms. The van der Waals surface area contributed by atoms with Crippen molar-refractivity contribution in [3.63, 3.8) is 0 Å². The zero-order chi connectivity index (χ0) is 46.9. The number of ether oxygens (including phenoxy) is 2. The highest BCUT2D eigenvalue weighted by atomic mass is 31.2. The normalized spacial score (nSPS) is 14.5. The number of unbranched alkanes of at least 4 members (excludes halogenated alkanes) is 13. The number of carbonyl (C=O) groups excluding carboxylic acids is 1. The molecule has 64 heavy (non-hydrogen) atoms. The molecule has 0 aromatic carbocycles. The Morgan fingerprint density at radius 3 is 1.36 bits per heavy atom. The van der Waals surface area contributed by atoms with Gasteiger partial charge in [-0.15, -0.1) is 0 Å². The smallest absolute Gasteiger partial charge is 0.457 e. The van der Waals surface area contributed by atoms with Crippen molar-refractivity contribution < 1.29 is 37.3 Å². The minimum absolute atomic E-state index is 0.0717. The Morgan fingerprint density at radius 2 is 0.906 bits per heavy atom. The summed E-state index contributed by atoms with van der Waals surface area (Å²) in [6.07, 6.45) is 65.7. The summed E-state index contributed by atoms with van der Waals surface area (Å²) in [5.41, 5.74) is 0. The van der Waals surface area contributed by atoms with Crippen molar-refractivity contribution in [1.29, 1.82) is 0 Å². The third-order valence-corrected chi connectivity index (χ3v) is 11.1. The SMILES string of the molecule is CC/C=C\C/C=C\C/C=C\C/C=C\C/C=C\C/C=C\C/C=C\CCCCOCC(COP(=O)(O)OCC[N+](C)(C)C)OC(=O)CCCCCCCCC/C=C\C/C=C\CCCCCC. The van der Waals surface area contributed by atoms with E-state index in [9.17, 15) is 14.3 Å². The van der Waals surface area contributed by atoms with Crippen LogP contribution in [0.4, 0.5) is 0 Å². The molecule has 0 aromatic rings. The highest BCUT2D eigenvalue weighted by Gasteiger charge is 2.26. The second kappa shape index (κ2) is 46.7. The van der Waals surface area contributed by atoms with Gasteiger partial charge in [0.1, 0.15) is 19.3 Å². The van der Waals surface area contributed by atoms with E-state index in [2.05, 4.69) is 123 Å². The quantitative estimate of drug-likeness (QED) is 0.0214. The number of hydrogen-bond acceptors (Lipinski definition) is 6. The van der Waals surface area contributed by atoms with Gasteiger partial charge in [-0.2, -0.15) is 0 Å². The molecule has 0 aliphatic rings. The summed E-state index contributed by atoms with van der Waals surface area (Å²) >= 11 is 0. The lowest BCUT2D eigenvalue weighted by atomic mass is 10.1. The van der Waals surface area contributed by atoms with Gasteiger partial charge in [0.15, 0.2) is 0 Å². The van der Waals surface area contributed by atoms with Crippen molar-refractivity contribution in [3.05, 3.63) is 109 Å². The van der Waals surface area contributed by atoms with Gasteiger partial charge in [-0.05, 0) is 103 Å². The minimum Gasteiger partial charge on any atom is -0.457 e. The largest absolute Gasteiger partial charge is 0.472 e. The number of carbonyl (C=O) groups is 1. The maximum Gasteiger partial charge on any atom is 0.472 e. The van der Waals surface area contributed by atoms with Crippen LogP contribution in [0.25, 0.3) is 0 Å². The monoisotopic (exact) mass is 913 g/mol. The standard InChI is InChI=1S/C55H94NO7P/c1-6-8-10-12-14-16-18-20-22-24-26-27-28-29-30-31-33-35-37-39-41-43-45-47-50-60-52-54(53-62-64(58,59)61-51-49-56(3,4)5)63-55(57)48-46-44-42-40-38-36-34-32-25-23-21-19-17-15-13-11-9-7-2/h8,10,14,16-17,19-20,22-23,25-27,29-30,33,35,39,41,54H,6-7,9,11-13,15,18,21,24,28,31-32,34,36-38,40,42-53H2,1-5H3/p+1/b10-8-,16-14-,19-17-,22-20-,25-23-,27-26-,30-29-,35-33-,41-39-. The second-order valence-electron chi connectivity index (χ2n) is 17.5. The van der Waals surface area contributed by atoms with Crippen LogP contribution in [0.15, 0.2) is 109 Å². The Bertz CT molecular complexity index is 1380. The molecular weight excluding hydrogens is 818 g/mol. The van der Waals surface area contributed by atoms with Gasteiger partial charge in [0.05, 0.1) is 34.4 Å². The first kappa shape index (κ1) is 61.2. The molecule has 0 aliphatic heterocycles. The molecule has 0 radical (unpaired) electrons. The molecule has 0 aliphatic carbocycles. The number of phosphoric ester groups is 1. The van der Waals surface area contributed by atoms with Crippen LogP contribution in [-0.2, 0) is 27.9 Å². The number of esters is 1. The lowest BCUT2D eigenvalue weighted by Crippen LogP contribution is -2.37. The zero-order valence-corrected chi connectivity index (χ0v) is 42.4. The Balaban J connectivity index is 4.31. The number of quaternary nitrogens is 1. The number of allylic oxidation sites excluding steroid dienone is 18. The number of phosphoric acid groups is 1. The van der Waals surface area contributed by atoms with E-state index in [0.717, 1.165) is 96.3 Å². The van der Waals surface area contributed by atoms with Crippen molar-refractivity contribution in [2.24, 2.45) is 0 Å². The highest BCUT2D eigenvalue weighted by molar-refractivity contribution is 7.47. The Hall–Kier alpha value is -2.84. The van der Waals surface area contributed by atoms with Gasteiger partial charge in [0.2, 0.25) is 0 Å². The lowest BCUT2D eigenvalue weighted by Gasteiger charge is -2.24. The van der Waals surface area contributed by atoms with Crippen molar-refractivity contribution in [1.82, 2.24) is 0 Å². The molecule has 1 N–H and O–H groups in total. The van der Waals surface area contributed by atoms with Gasteiger partial charge in [-0.25, -0.2) is 4.57 Å². The fraction of sp³-hybridized carbons (Fsp3) is 0.655. The Labute approximate surface area is 393 Å². The van der Waals surface area contributed by atoms with Crippen LogP contribution in [0.5, 0.6) is 0 Å². The second-order valence-corrected chi connectivity index (χ2v) is 18.9. The van der Waals surface area contributed by atoms with E-state index < -0.39 is 13.9 Å². The van der Waals surface area contributed by atoms with E-state index in [1.807, 2.05) is 21.1 Å². The summed E-state index contributed by atoms with van der Waals surface area (Å²) in [4.78, 5) is 23.0. The first-order valence-electron chi connectivity index (χ1n) is 25.1. The van der Waals surface area contributed by atoms with Crippen LogP contribution in [-0.4, -0.2) is 75.6 Å². The van der Waals surface area contributed by atoms with Gasteiger partial charge in [0, 0.05) is 13.0 Å².